The first-order chi connectivity index (χ1) is 9.52. The molecule has 1 aromatic heterocycles. The van der Waals surface area contributed by atoms with E-state index in [0.717, 1.165) is 30.0 Å². The van der Waals surface area contributed by atoms with Crippen LogP contribution in [0.15, 0.2) is 6.07 Å². The lowest BCUT2D eigenvalue weighted by molar-refractivity contribution is -0.120. The van der Waals surface area contributed by atoms with Gasteiger partial charge >= 0.3 is 0 Å². The molecule has 0 aromatic carbocycles. The molecule has 1 amide bonds. The van der Waals surface area contributed by atoms with Crippen molar-refractivity contribution in [1.29, 1.82) is 0 Å². The smallest absolute Gasteiger partial charge is 0.221 e. The summed E-state index contributed by atoms with van der Waals surface area (Å²) in [5.41, 5.74) is 2.98. The zero-order chi connectivity index (χ0) is 14.7. The highest BCUT2D eigenvalue weighted by atomic mass is 16.1. The van der Waals surface area contributed by atoms with Gasteiger partial charge in [0, 0.05) is 49.6 Å². The summed E-state index contributed by atoms with van der Waals surface area (Å²) in [7, 11) is 0. The Labute approximate surface area is 119 Å². The molecule has 1 aromatic rings. The van der Waals surface area contributed by atoms with Crippen LogP contribution in [0.5, 0.6) is 0 Å². The van der Waals surface area contributed by atoms with Gasteiger partial charge in [0.15, 0.2) is 5.78 Å². The number of hydrogen-bond acceptors (Lipinski definition) is 3. The van der Waals surface area contributed by atoms with Crippen LogP contribution in [0.3, 0.4) is 0 Å². The van der Waals surface area contributed by atoms with Crippen molar-refractivity contribution in [2.45, 2.75) is 33.7 Å². The summed E-state index contributed by atoms with van der Waals surface area (Å²) in [5.74, 6) is 0.219. The number of amides is 1. The van der Waals surface area contributed by atoms with Gasteiger partial charge in [0.25, 0.3) is 0 Å². The summed E-state index contributed by atoms with van der Waals surface area (Å²) in [6.07, 6.45) is 0.473. The van der Waals surface area contributed by atoms with Crippen molar-refractivity contribution in [2.24, 2.45) is 0 Å². The van der Waals surface area contributed by atoms with Gasteiger partial charge in [-0.3, -0.25) is 14.5 Å². The number of Topliss-reactive ketones (excluding diaryl/α,β-unsaturated/α-hetero) is 1. The average molecular weight is 277 g/mol. The summed E-state index contributed by atoms with van der Waals surface area (Å²) in [4.78, 5) is 25.8. The van der Waals surface area contributed by atoms with Gasteiger partial charge in [-0.05, 0) is 26.8 Å². The minimum atomic E-state index is 0.0732. The van der Waals surface area contributed by atoms with Crippen LogP contribution in [0.4, 0.5) is 0 Å². The average Bonchev–Trinajstić information content (AvgIpc) is 2.56. The van der Waals surface area contributed by atoms with Gasteiger partial charge in [-0.1, -0.05) is 0 Å². The highest BCUT2D eigenvalue weighted by Crippen LogP contribution is 2.16. The Morgan fingerprint density at radius 2 is 2.10 bits per heavy atom. The molecular weight excluding hydrogens is 254 g/mol. The Kier molecular flexibility index (Phi) is 4.60. The first-order valence-corrected chi connectivity index (χ1v) is 7.22. The lowest BCUT2D eigenvalue weighted by Crippen LogP contribution is -2.33. The monoisotopic (exact) mass is 277 g/mol. The molecule has 0 radical (unpaired) electrons. The van der Waals surface area contributed by atoms with Crippen LogP contribution < -0.4 is 5.32 Å². The number of carbonyl (C=O) groups is 2. The van der Waals surface area contributed by atoms with Crippen molar-refractivity contribution in [2.75, 3.05) is 26.2 Å². The summed E-state index contributed by atoms with van der Waals surface area (Å²) < 4.78 is 2.15. The summed E-state index contributed by atoms with van der Waals surface area (Å²) in [6, 6.07) is 1.97. The Hall–Kier alpha value is -1.62. The quantitative estimate of drug-likeness (QED) is 0.839. The Balaban J connectivity index is 2.06. The van der Waals surface area contributed by atoms with Gasteiger partial charge < -0.3 is 9.88 Å². The maximum absolute atomic E-state index is 12.4. The molecule has 0 aliphatic carbocycles. The lowest BCUT2D eigenvalue weighted by atomic mass is 10.1. The van der Waals surface area contributed by atoms with Crippen LogP contribution in [0.25, 0.3) is 0 Å². The van der Waals surface area contributed by atoms with E-state index in [1.807, 2.05) is 19.9 Å². The molecule has 1 saturated heterocycles. The van der Waals surface area contributed by atoms with Gasteiger partial charge in [-0.15, -0.1) is 0 Å². The molecule has 0 bridgehead atoms. The number of nitrogens with zero attached hydrogens (tertiary/aromatic N) is 2. The molecular formula is C15H23N3O2. The van der Waals surface area contributed by atoms with Crippen LogP contribution in [0.1, 0.15) is 35.1 Å². The van der Waals surface area contributed by atoms with E-state index in [1.165, 1.54) is 0 Å². The molecule has 0 saturated carbocycles. The SMILES string of the molecule is CCn1c(C)cc(C(=O)CN2CCNC(=O)CC2)c1C. The van der Waals surface area contributed by atoms with Crippen molar-refractivity contribution in [1.82, 2.24) is 14.8 Å². The largest absolute Gasteiger partial charge is 0.355 e. The van der Waals surface area contributed by atoms with Gasteiger partial charge in [0.05, 0.1) is 6.54 Å². The van der Waals surface area contributed by atoms with Crippen molar-refractivity contribution in [3.8, 4) is 0 Å². The zero-order valence-corrected chi connectivity index (χ0v) is 12.5. The first kappa shape index (κ1) is 14.8. The number of hydrogen-bond donors (Lipinski definition) is 1. The number of carbonyl (C=O) groups excluding carboxylic acids is 2. The molecule has 1 aliphatic heterocycles. The van der Waals surface area contributed by atoms with Crippen molar-refractivity contribution in [3.63, 3.8) is 0 Å². The molecule has 2 rings (SSSR count). The molecule has 0 spiro atoms. The molecule has 2 heterocycles. The third kappa shape index (κ3) is 3.10. The van der Waals surface area contributed by atoms with Crippen molar-refractivity contribution >= 4 is 11.7 Å². The number of rotatable bonds is 4. The minimum Gasteiger partial charge on any atom is -0.355 e. The second kappa shape index (κ2) is 6.22. The molecule has 0 atom stereocenters. The number of ketones is 1. The van der Waals surface area contributed by atoms with E-state index in [-0.39, 0.29) is 11.7 Å². The van der Waals surface area contributed by atoms with E-state index in [4.69, 9.17) is 0 Å². The van der Waals surface area contributed by atoms with E-state index < -0.39 is 0 Å². The molecule has 1 aliphatic rings. The molecule has 0 unspecified atom stereocenters. The molecule has 1 N–H and O–H groups in total. The first-order valence-electron chi connectivity index (χ1n) is 7.22. The fraction of sp³-hybridized carbons (Fsp3) is 0.600. The number of nitrogens with one attached hydrogen (secondary N) is 1. The van der Waals surface area contributed by atoms with Crippen LogP contribution in [0, 0.1) is 13.8 Å². The van der Waals surface area contributed by atoms with Gasteiger partial charge in [-0.2, -0.15) is 0 Å². The Bertz CT molecular complexity index is 519. The summed E-state index contributed by atoms with van der Waals surface area (Å²) >= 11 is 0. The Morgan fingerprint density at radius 1 is 1.35 bits per heavy atom. The second-order valence-electron chi connectivity index (χ2n) is 5.33. The number of aromatic nitrogens is 1. The van der Waals surface area contributed by atoms with Gasteiger partial charge in [0.1, 0.15) is 0 Å². The lowest BCUT2D eigenvalue weighted by Gasteiger charge is -2.17. The van der Waals surface area contributed by atoms with Crippen LogP contribution in [0.2, 0.25) is 0 Å². The van der Waals surface area contributed by atoms with Crippen LogP contribution >= 0.6 is 0 Å². The van der Waals surface area contributed by atoms with E-state index in [2.05, 4.69) is 21.7 Å². The highest BCUT2D eigenvalue weighted by molar-refractivity contribution is 5.99. The van der Waals surface area contributed by atoms with Crippen LogP contribution in [-0.2, 0) is 11.3 Å². The molecule has 5 nitrogen and oxygen atoms in total. The highest BCUT2D eigenvalue weighted by Gasteiger charge is 2.20. The zero-order valence-electron chi connectivity index (χ0n) is 12.5. The Morgan fingerprint density at radius 3 is 2.75 bits per heavy atom. The maximum atomic E-state index is 12.4. The molecule has 20 heavy (non-hydrogen) atoms. The minimum absolute atomic E-state index is 0.0732. The van der Waals surface area contributed by atoms with E-state index >= 15 is 0 Å². The standard InChI is InChI=1S/C15H23N3O2/c1-4-18-11(2)9-13(12(18)3)14(19)10-17-7-5-15(20)16-6-8-17/h9H,4-8,10H2,1-3H3,(H,16,20). The number of aryl methyl sites for hydroxylation is 1. The van der Waals surface area contributed by atoms with Gasteiger partial charge in [0.2, 0.25) is 5.91 Å². The van der Waals surface area contributed by atoms with Crippen molar-refractivity contribution in [3.05, 3.63) is 23.0 Å². The maximum Gasteiger partial charge on any atom is 0.221 e. The van der Waals surface area contributed by atoms with E-state index in [9.17, 15) is 9.59 Å². The third-order valence-corrected chi connectivity index (χ3v) is 3.96. The summed E-state index contributed by atoms with van der Waals surface area (Å²) in [5, 5.41) is 2.83. The normalized spacial score (nSPS) is 16.9. The molecule has 110 valence electrons. The fourth-order valence-electron chi connectivity index (χ4n) is 2.83. The van der Waals surface area contributed by atoms with E-state index in [0.29, 0.717) is 26.1 Å². The van der Waals surface area contributed by atoms with Gasteiger partial charge in [-0.25, -0.2) is 0 Å². The van der Waals surface area contributed by atoms with Crippen LogP contribution in [-0.4, -0.2) is 47.3 Å². The van der Waals surface area contributed by atoms with E-state index in [1.54, 1.807) is 0 Å². The van der Waals surface area contributed by atoms with Crippen molar-refractivity contribution < 1.29 is 9.59 Å². The fourth-order valence-corrected chi connectivity index (χ4v) is 2.83. The molecule has 1 fully saturated rings. The topological polar surface area (TPSA) is 54.3 Å². The predicted octanol–water partition coefficient (Wildman–Crippen LogP) is 1.13. The molecule has 5 heteroatoms. The second-order valence-corrected chi connectivity index (χ2v) is 5.33. The predicted molar refractivity (Wildman–Crippen MR) is 78.0 cm³/mol. The third-order valence-electron chi connectivity index (χ3n) is 3.96. The summed E-state index contributed by atoms with van der Waals surface area (Å²) in [6.45, 7) is 9.41.